The van der Waals surface area contributed by atoms with Crippen molar-refractivity contribution < 1.29 is 0 Å². The van der Waals surface area contributed by atoms with E-state index in [2.05, 4.69) is 11.9 Å². The molecule has 0 aliphatic carbocycles. The van der Waals surface area contributed by atoms with E-state index in [1.807, 2.05) is 19.1 Å². The minimum Gasteiger partial charge on any atom is -0.399 e. The van der Waals surface area contributed by atoms with Crippen LogP contribution in [-0.2, 0) is 0 Å². The first-order chi connectivity index (χ1) is 7.08. The second-order valence-corrected chi connectivity index (χ2v) is 5.01. The van der Waals surface area contributed by atoms with E-state index in [0.29, 0.717) is 10.7 Å². The summed E-state index contributed by atoms with van der Waals surface area (Å²) in [7, 11) is 0. The average Bonchev–Trinajstić information content (AvgIpc) is 2.46. The molecule has 1 aromatic heterocycles. The van der Waals surface area contributed by atoms with E-state index in [4.69, 9.17) is 17.3 Å². The van der Waals surface area contributed by atoms with Crippen LogP contribution in [0, 0.1) is 13.8 Å². The molecule has 15 heavy (non-hydrogen) atoms. The van der Waals surface area contributed by atoms with Gasteiger partial charge in [-0.05, 0) is 32.0 Å². The van der Waals surface area contributed by atoms with Crippen LogP contribution in [0.1, 0.15) is 10.6 Å². The van der Waals surface area contributed by atoms with Gasteiger partial charge >= 0.3 is 0 Å². The first-order valence-electron chi connectivity index (χ1n) is 4.57. The maximum atomic E-state index is 6.11. The Balaban J connectivity index is 2.54. The van der Waals surface area contributed by atoms with Crippen molar-refractivity contribution in [2.75, 3.05) is 5.73 Å². The SMILES string of the molecule is Cc1nc(-c2ccc(N)cc2Cl)sc1C. The molecule has 78 valence electrons. The van der Waals surface area contributed by atoms with Gasteiger partial charge in [-0.2, -0.15) is 0 Å². The van der Waals surface area contributed by atoms with Gasteiger partial charge in [-0.1, -0.05) is 11.6 Å². The molecule has 0 spiro atoms. The molecule has 0 saturated heterocycles. The van der Waals surface area contributed by atoms with Crippen molar-refractivity contribution in [2.24, 2.45) is 0 Å². The van der Waals surface area contributed by atoms with Crippen molar-refractivity contribution in [3.63, 3.8) is 0 Å². The Morgan fingerprint density at radius 2 is 2.07 bits per heavy atom. The molecule has 0 aliphatic rings. The number of nitrogen functional groups attached to an aromatic ring is 1. The lowest BCUT2D eigenvalue weighted by atomic mass is 10.2. The fraction of sp³-hybridized carbons (Fsp3) is 0.182. The van der Waals surface area contributed by atoms with Crippen LogP contribution in [0.15, 0.2) is 18.2 Å². The second-order valence-electron chi connectivity index (χ2n) is 3.40. The van der Waals surface area contributed by atoms with Crippen molar-refractivity contribution in [1.29, 1.82) is 0 Å². The topological polar surface area (TPSA) is 38.9 Å². The van der Waals surface area contributed by atoms with Crippen molar-refractivity contribution in [3.05, 3.63) is 33.8 Å². The van der Waals surface area contributed by atoms with Gasteiger partial charge in [-0.3, -0.25) is 0 Å². The molecule has 0 saturated carbocycles. The lowest BCUT2D eigenvalue weighted by Crippen LogP contribution is -1.85. The number of hydrogen-bond acceptors (Lipinski definition) is 3. The molecule has 2 aromatic rings. The zero-order valence-electron chi connectivity index (χ0n) is 8.54. The summed E-state index contributed by atoms with van der Waals surface area (Å²) >= 11 is 7.76. The molecule has 0 fully saturated rings. The first kappa shape index (κ1) is 10.5. The lowest BCUT2D eigenvalue weighted by Gasteiger charge is -2.00. The highest BCUT2D eigenvalue weighted by atomic mass is 35.5. The minimum atomic E-state index is 0.656. The molecule has 2 N–H and O–H groups in total. The molecule has 4 heteroatoms. The average molecular weight is 239 g/mol. The summed E-state index contributed by atoms with van der Waals surface area (Å²) in [5, 5.41) is 1.61. The quantitative estimate of drug-likeness (QED) is 0.770. The zero-order valence-corrected chi connectivity index (χ0v) is 10.1. The van der Waals surface area contributed by atoms with E-state index in [0.717, 1.165) is 16.3 Å². The summed E-state index contributed by atoms with van der Waals surface area (Å²) in [5.41, 5.74) is 8.32. The normalized spacial score (nSPS) is 10.6. The Hall–Kier alpha value is -1.06. The summed E-state index contributed by atoms with van der Waals surface area (Å²) in [6, 6.07) is 5.51. The monoisotopic (exact) mass is 238 g/mol. The summed E-state index contributed by atoms with van der Waals surface area (Å²) in [6.45, 7) is 4.06. The Labute approximate surface area is 97.7 Å². The number of nitrogens with two attached hydrogens (primary N) is 1. The fourth-order valence-electron chi connectivity index (χ4n) is 1.29. The highest BCUT2D eigenvalue weighted by Crippen LogP contribution is 2.33. The molecule has 2 rings (SSSR count). The molecule has 0 amide bonds. The lowest BCUT2D eigenvalue weighted by molar-refractivity contribution is 1.23. The molecule has 1 heterocycles. The predicted molar refractivity (Wildman–Crippen MR) is 66.4 cm³/mol. The third-order valence-electron chi connectivity index (χ3n) is 2.25. The van der Waals surface area contributed by atoms with Crippen LogP contribution in [0.25, 0.3) is 10.6 Å². The standard InChI is InChI=1S/C11H11ClN2S/c1-6-7(2)15-11(14-6)9-4-3-8(13)5-10(9)12/h3-5H,13H2,1-2H3. The molecule has 0 radical (unpaired) electrons. The van der Waals surface area contributed by atoms with Gasteiger partial charge < -0.3 is 5.73 Å². The number of rotatable bonds is 1. The van der Waals surface area contributed by atoms with Crippen molar-refractivity contribution >= 4 is 28.6 Å². The predicted octanol–water partition coefficient (Wildman–Crippen LogP) is 3.66. The van der Waals surface area contributed by atoms with Crippen LogP contribution in [0.3, 0.4) is 0 Å². The number of benzene rings is 1. The number of aromatic nitrogens is 1. The number of anilines is 1. The molecule has 1 aromatic carbocycles. The molecule has 2 nitrogen and oxygen atoms in total. The fourth-order valence-corrected chi connectivity index (χ4v) is 2.58. The zero-order chi connectivity index (χ0) is 11.0. The van der Waals surface area contributed by atoms with Gasteiger partial charge in [0.25, 0.3) is 0 Å². The maximum absolute atomic E-state index is 6.11. The minimum absolute atomic E-state index is 0.656. The van der Waals surface area contributed by atoms with Gasteiger partial charge in [0.05, 0.1) is 10.7 Å². The number of hydrogen-bond donors (Lipinski definition) is 1. The smallest absolute Gasteiger partial charge is 0.125 e. The van der Waals surface area contributed by atoms with Gasteiger partial charge in [0.15, 0.2) is 0 Å². The summed E-state index contributed by atoms with van der Waals surface area (Å²) in [4.78, 5) is 5.68. The van der Waals surface area contributed by atoms with Crippen LogP contribution in [-0.4, -0.2) is 4.98 Å². The van der Waals surface area contributed by atoms with Crippen LogP contribution >= 0.6 is 22.9 Å². The summed E-state index contributed by atoms with van der Waals surface area (Å²) in [5.74, 6) is 0. The summed E-state index contributed by atoms with van der Waals surface area (Å²) < 4.78 is 0. The van der Waals surface area contributed by atoms with Gasteiger partial charge in [0.1, 0.15) is 5.01 Å². The number of aryl methyl sites for hydroxylation is 2. The van der Waals surface area contributed by atoms with E-state index in [-0.39, 0.29) is 0 Å². The third kappa shape index (κ3) is 1.98. The van der Waals surface area contributed by atoms with Crippen molar-refractivity contribution in [1.82, 2.24) is 4.98 Å². The number of thiazole rings is 1. The molecule has 0 unspecified atom stereocenters. The van der Waals surface area contributed by atoms with Gasteiger partial charge in [-0.15, -0.1) is 11.3 Å². The van der Waals surface area contributed by atoms with E-state index in [1.165, 1.54) is 4.88 Å². The Bertz CT molecular complexity index is 486. The van der Waals surface area contributed by atoms with Crippen molar-refractivity contribution in [3.8, 4) is 10.6 Å². The summed E-state index contributed by atoms with van der Waals surface area (Å²) in [6.07, 6.45) is 0. The Morgan fingerprint density at radius 1 is 1.33 bits per heavy atom. The molecular weight excluding hydrogens is 228 g/mol. The molecule has 0 bridgehead atoms. The molecular formula is C11H11ClN2S. The van der Waals surface area contributed by atoms with E-state index < -0.39 is 0 Å². The third-order valence-corrected chi connectivity index (χ3v) is 3.67. The maximum Gasteiger partial charge on any atom is 0.125 e. The van der Waals surface area contributed by atoms with E-state index in [9.17, 15) is 0 Å². The number of halogens is 1. The van der Waals surface area contributed by atoms with Crippen LogP contribution < -0.4 is 5.73 Å². The highest BCUT2D eigenvalue weighted by molar-refractivity contribution is 7.15. The van der Waals surface area contributed by atoms with Gasteiger partial charge in [0.2, 0.25) is 0 Å². The molecule has 0 aliphatic heterocycles. The van der Waals surface area contributed by atoms with Crippen LogP contribution in [0.5, 0.6) is 0 Å². The number of nitrogens with zero attached hydrogens (tertiary/aromatic N) is 1. The molecule has 0 atom stereocenters. The Kier molecular flexibility index (Phi) is 2.67. The first-order valence-corrected chi connectivity index (χ1v) is 5.77. The highest BCUT2D eigenvalue weighted by Gasteiger charge is 2.09. The Morgan fingerprint density at radius 3 is 2.60 bits per heavy atom. The second kappa shape index (κ2) is 3.83. The van der Waals surface area contributed by atoms with Crippen LogP contribution in [0.4, 0.5) is 5.69 Å². The van der Waals surface area contributed by atoms with E-state index in [1.54, 1.807) is 17.4 Å². The largest absolute Gasteiger partial charge is 0.399 e. The van der Waals surface area contributed by atoms with E-state index >= 15 is 0 Å². The van der Waals surface area contributed by atoms with Gasteiger partial charge in [0, 0.05) is 16.1 Å². The van der Waals surface area contributed by atoms with Crippen LogP contribution in [0.2, 0.25) is 5.02 Å². The van der Waals surface area contributed by atoms with Gasteiger partial charge in [-0.25, -0.2) is 4.98 Å². The van der Waals surface area contributed by atoms with Crippen molar-refractivity contribution in [2.45, 2.75) is 13.8 Å².